The molecule has 0 aliphatic heterocycles. The highest BCUT2D eigenvalue weighted by Crippen LogP contribution is 2.35. The molecule has 0 atom stereocenters. The Morgan fingerprint density at radius 1 is 1.03 bits per heavy atom. The van der Waals surface area contributed by atoms with E-state index in [0.29, 0.717) is 22.4 Å². The lowest BCUT2D eigenvalue weighted by atomic mass is 9.94. The van der Waals surface area contributed by atoms with Gasteiger partial charge in [0.15, 0.2) is 0 Å². The number of nitrogens with one attached hydrogen (secondary N) is 2. The number of amides is 1. The van der Waals surface area contributed by atoms with E-state index >= 15 is 0 Å². The van der Waals surface area contributed by atoms with Crippen molar-refractivity contribution in [2.45, 2.75) is 13.8 Å². The molecule has 1 aromatic heterocycles. The number of H-pyrrole nitrogens is 1. The van der Waals surface area contributed by atoms with Crippen LogP contribution in [0.1, 0.15) is 24.2 Å². The summed E-state index contributed by atoms with van der Waals surface area (Å²) < 4.78 is 6.15. The summed E-state index contributed by atoms with van der Waals surface area (Å²) in [4.78, 5) is 40.4. The van der Waals surface area contributed by atoms with Crippen LogP contribution in [0, 0.1) is 0 Å². The smallest absolute Gasteiger partial charge is 0.340 e. The molecule has 2 aromatic carbocycles. The van der Waals surface area contributed by atoms with Crippen LogP contribution in [0.15, 0.2) is 63.9 Å². The molecule has 29 heavy (non-hydrogen) atoms. The third kappa shape index (κ3) is 4.46. The molecule has 0 saturated heterocycles. The molecule has 0 aliphatic carbocycles. The van der Waals surface area contributed by atoms with Gasteiger partial charge in [0, 0.05) is 17.0 Å². The number of pyridine rings is 1. The summed E-state index contributed by atoms with van der Waals surface area (Å²) in [6.45, 7) is 3.18. The number of rotatable bonds is 5. The molecule has 1 amide bonds. The fraction of sp³-hybridized carbons (Fsp3) is 0.136. The zero-order chi connectivity index (χ0) is 21.0. The van der Waals surface area contributed by atoms with E-state index in [1.807, 2.05) is 18.2 Å². The first kappa shape index (κ1) is 20.5. The van der Waals surface area contributed by atoms with E-state index in [-0.39, 0.29) is 17.9 Å². The normalized spacial score (nSPS) is 10.4. The van der Waals surface area contributed by atoms with Gasteiger partial charge in [-0.25, -0.2) is 4.79 Å². The van der Waals surface area contributed by atoms with Gasteiger partial charge in [-0.2, -0.15) is 0 Å². The first-order valence-electron chi connectivity index (χ1n) is 8.98. The molecule has 3 rings (SSSR count). The molecule has 1 heterocycles. The Balaban J connectivity index is 2.42. The number of anilines is 1. The highest BCUT2D eigenvalue weighted by molar-refractivity contribution is 9.10. The lowest BCUT2D eigenvalue weighted by molar-refractivity contribution is -0.114. The summed E-state index contributed by atoms with van der Waals surface area (Å²) in [5.41, 5.74) is 1.58. The second kappa shape index (κ2) is 8.87. The van der Waals surface area contributed by atoms with Gasteiger partial charge in [-0.15, -0.1) is 0 Å². The zero-order valence-corrected chi connectivity index (χ0v) is 17.5. The number of carbonyl (C=O) groups excluding carboxylic acids is 2. The highest BCUT2D eigenvalue weighted by Gasteiger charge is 2.26. The molecule has 3 aromatic rings. The molecule has 2 N–H and O–H groups in total. The largest absolute Gasteiger partial charge is 0.462 e. The first-order chi connectivity index (χ1) is 13.9. The van der Waals surface area contributed by atoms with Gasteiger partial charge in [0.2, 0.25) is 5.91 Å². The van der Waals surface area contributed by atoms with Crippen molar-refractivity contribution in [3.05, 3.63) is 75.0 Å². The third-order valence-corrected chi connectivity index (χ3v) is 4.72. The number of aromatic amines is 1. The Labute approximate surface area is 176 Å². The van der Waals surface area contributed by atoms with E-state index in [2.05, 4.69) is 26.2 Å². The molecular formula is C22H19BrN2O4. The fourth-order valence-electron chi connectivity index (χ4n) is 3.03. The Kier molecular flexibility index (Phi) is 6.29. The lowest BCUT2D eigenvalue weighted by Crippen LogP contribution is -2.23. The van der Waals surface area contributed by atoms with E-state index in [9.17, 15) is 14.4 Å². The van der Waals surface area contributed by atoms with Gasteiger partial charge in [0.05, 0.1) is 17.9 Å². The summed E-state index contributed by atoms with van der Waals surface area (Å²) in [6.07, 6.45) is 0. The van der Waals surface area contributed by atoms with Gasteiger partial charge < -0.3 is 15.0 Å². The minimum absolute atomic E-state index is 0.00705. The van der Waals surface area contributed by atoms with E-state index in [0.717, 1.165) is 4.47 Å². The molecule has 0 radical (unpaired) electrons. The predicted octanol–water partition coefficient (Wildman–Crippen LogP) is 4.61. The van der Waals surface area contributed by atoms with Crippen molar-refractivity contribution in [3.63, 3.8) is 0 Å². The van der Waals surface area contributed by atoms with Crippen molar-refractivity contribution in [1.82, 2.24) is 4.98 Å². The van der Waals surface area contributed by atoms with Crippen molar-refractivity contribution in [1.29, 1.82) is 0 Å². The van der Waals surface area contributed by atoms with Gasteiger partial charge in [-0.3, -0.25) is 9.59 Å². The molecule has 7 heteroatoms. The average molecular weight is 455 g/mol. The highest BCUT2D eigenvalue weighted by atomic mass is 79.9. The molecule has 0 saturated carbocycles. The van der Waals surface area contributed by atoms with Gasteiger partial charge in [-0.05, 0) is 30.2 Å². The van der Waals surface area contributed by atoms with Gasteiger partial charge in [0.25, 0.3) is 5.56 Å². The number of esters is 1. The van der Waals surface area contributed by atoms with Crippen LogP contribution in [0.3, 0.4) is 0 Å². The van der Waals surface area contributed by atoms with Crippen molar-refractivity contribution in [2.24, 2.45) is 0 Å². The summed E-state index contributed by atoms with van der Waals surface area (Å²) in [6, 6.07) is 16.1. The average Bonchev–Trinajstić information content (AvgIpc) is 2.70. The summed E-state index contributed by atoms with van der Waals surface area (Å²) >= 11 is 3.38. The molecule has 148 valence electrons. The third-order valence-electron chi connectivity index (χ3n) is 4.19. The topological polar surface area (TPSA) is 88.3 Å². The number of hydrogen-bond acceptors (Lipinski definition) is 4. The number of ether oxygens (including phenoxy) is 1. The minimum atomic E-state index is -0.591. The fourth-order valence-corrected chi connectivity index (χ4v) is 3.30. The van der Waals surface area contributed by atoms with Gasteiger partial charge in [0.1, 0.15) is 5.69 Å². The first-order valence-corrected chi connectivity index (χ1v) is 9.78. The lowest BCUT2D eigenvalue weighted by Gasteiger charge is -2.18. The van der Waals surface area contributed by atoms with Crippen LogP contribution in [0.25, 0.3) is 22.4 Å². The van der Waals surface area contributed by atoms with Crippen molar-refractivity contribution in [3.8, 4) is 22.4 Å². The second-order valence-electron chi connectivity index (χ2n) is 6.23. The van der Waals surface area contributed by atoms with Gasteiger partial charge in [-0.1, -0.05) is 58.4 Å². The van der Waals surface area contributed by atoms with Crippen molar-refractivity contribution in [2.75, 3.05) is 11.9 Å². The van der Waals surface area contributed by atoms with Crippen LogP contribution in [0.4, 0.5) is 5.69 Å². The van der Waals surface area contributed by atoms with E-state index < -0.39 is 17.4 Å². The maximum absolute atomic E-state index is 13.0. The Bertz CT molecular complexity index is 1110. The SMILES string of the molecule is CCOC(=O)c1c(-c2ccc(Br)cc2)[nH]c(=O)c(NC(C)=O)c1-c1ccccc1. The maximum atomic E-state index is 13.0. The number of carbonyl (C=O) groups is 2. The Morgan fingerprint density at radius 2 is 1.69 bits per heavy atom. The molecule has 0 aliphatic rings. The van der Waals surface area contributed by atoms with Crippen molar-refractivity contribution >= 4 is 33.5 Å². The molecule has 0 spiro atoms. The van der Waals surface area contributed by atoms with Crippen molar-refractivity contribution < 1.29 is 14.3 Å². The quantitative estimate of drug-likeness (QED) is 0.551. The standard InChI is InChI=1S/C22H19BrN2O4/c1-3-29-22(28)18-17(14-7-5-4-6-8-14)20(24-13(2)26)21(27)25-19(18)15-9-11-16(23)12-10-15/h4-12H,3H2,1-2H3,(H,24,26)(H,25,27). The number of aromatic nitrogens is 1. The molecule has 0 bridgehead atoms. The predicted molar refractivity (Wildman–Crippen MR) is 116 cm³/mol. The molecular weight excluding hydrogens is 436 g/mol. The zero-order valence-electron chi connectivity index (χ0n) is 15.9. The second-order valence-corrected chi connectivity index (χ2v) is 7.14. The van der Waals surface area contributed by atoms with E-state index in [1.165, 1.54) is 6.92 Å². The molecule has 6 nitrogen and oxygen atoms in total. The Hall–Kier alpha value is -3.19. The number of hydrogen-bond donors (Lipinski definition) is 2. The van der Waals surface area contributed by atoms with Crippen LogP contribution in [-0.4, -0.2) is 23.5 Å². The van der Waals surface area contributed by atoms with Crippen LogP contribution in [0.5, 0.6) is 0 Å². The van der Waals surface area contributed by atoms with Crippen LogP contribution >= 0.6 is 15.9 Å². The monoisotopic (exact) mass is 454 g/mol. The molecule has 0 fully saturated rings. The molecule has 0 unspecified atom stereocenters. The minimum Gasteiger partial charge on any atom is -0.462 e. The van der Waals surface area contributed by atoms with Crippen LogP contribution in [0.2, 0.25) is 0 Å². The van der Waals surface area contributed by atoms with Gasteiger partial charge >= 0.3 is 5.97 Å². The van der Waals surface area contributed by atoms with Crippen LogP contribution in [-0.2, 0) is 9.53 Å². The number of benzene rings is 2. The summed E-state index contributed by atoms with van der Waals surface area (Å²) in [7, 11) is 0. The van der Waals surface area contributed by atoms with Crippen LogP contribution < -0.4 is 10.9 Å². The summed E-state index contributed by atoms with van der Waals surface area (Å²) in [5, 5.41) is 2.57. The summed E-state index contributed by atoms with van der Waals surface area (Å²) in [5.74, 6) is -1.01. The Morgan fingerprint density at radius 3 is 2.28 bits per heavy atom. The van der Waals surface area contributed by atoms with E-state index in [4.69, 9.17) is 4.74 Å². The number of halogens is 1. The maximum Gasteiger partial charge on any atom is 0.340 e. The van der Waals surface area contributed by atoms with E-state index in [1.54, 1.807) is 43.3 Å².